The molecule has 4 heterocycles. The van der Waals surface area contributed by atoms with Crippen molar-refractivity contribution in [1.82, 2.24) is 24.4 Å². The number of hydrogen-bond donors (Lipinski definition) is 2. The first-order valence-corrected chi connectivity index (χ1v) is 11.0. The van der Waals surface area contributed by atoms with E-state index in [9.17, 15) is 22.8 Å². The number of hydrogen-bond acceptors (Lipinski definition) is 6. The molecule has 10 nitrogen and oxygen atoms in total. The highest BCUT2D eigenvalue weighted by molar-refractivity contribution is 5.89. The zero-order valence-electron chi connectivity index (χ0n) is 19.7. The van der Waals surface area contributed by atoms with Gasteiger partial charge >= 0.3 is 12.2 Å². The van der Waals surface area contributed by atoms with Crippen molar-refractivity contribution in [2.75, 3.05) is 30.9 Å². The van der Waals surface area contributed by atoms with Crippen LogP contribution in [0.25, 0.3) is 11.2 Å². The largest absolute Gasteiger partial charge is 0.493 e. The van der Waals surface area contributed by atoms with Gasteiger partial charge in [-0.2, -0.15) is 13.2 Å². The number of amides is 2. The average molecular weight is 493 g/mol. The van der Waals surface area contributed by atoms with Crippen LogP contribution in [0, 0.1) is 0 Å². The third kappa shape index (κ3) is 4.75. The minimum absolute atomic E-state index is 0.00196. The van der Waals surface area contributed by atoms with Crippen molar-refractivity contribution in [3.05, 3.63) is 40.6 Å². The van der Waals surface area contributed by atoms with E-state index in [1.165, 1.54) is 11.9 Å². The van der Waals surface area contributed by atoms with E-state index in [1.807, 2.05) is 6.92 Å². The smallest absolute Gasteiger partial charge is 0.417 e. The van der Waals surface area contributed by atoms with Gasteiger partial charge in [-0.05, 0) is 25.8 Å². The number of ether oxygens (including phenoxy) is 1. The predicted molar refractivity (Wildman–Crippen MR) is 124 cm³/mol. The van der Waals surface area contributed by atoms with Crippen LogP contribution in [-0.4, -0.2) is 63.2 Å². The number of rotatable bonds is 4. The molecule has 0 radical (unpaired) electrons. The normalized spacial score (nSPS) is 18.5. The third-order valence-electron chi connectivity index (χ3n) is 6.32. The maximum absolute atomic E-state index is 13.1. The summed E-state index contributed by atoms with van der Waals surface area (Å²) in [7, 11) is 4.33. The molecule has 1 saturated heterocycles. The summed E-state index contributed by atoms with van der Waals surface area (Å²) < 4.78 is 45.5. The Morgan fingerprint density at radius 2 is 2.11 bits per heavy atom. The maximum atomic E-state index is 13.1. The molecule has 188 valence electrons. The Balaban J connectivity index is 1.46. The second kappa shape index (κ2) is 9.12. The SMILES string of the molecule is COc1c[nH]c2ncc(N3CC[C@@H](N(C)C(=O)Nc4cc(C(F)(F)F)cn(C)c4=O)C[C@H]3C)nc12. The van der Waals surface area contributed by atoms with Gasteiger partial charge in [0.25, 0.3) is 5.56 Å². The summed E-state index contributed by atoms with van der Waals surface area (Å²) in [6.45, 7) is 2.59. The number of piperidine rings is 1. The Morgan fingerprint density at radius 1 is 1.37 bits per heavy atom. The molecule has 0 bridgehead atoms. The van der Waals surface area contributed by atoms with Crippen LogP contribution in [-0.2, 0) is 13.2 Å². The van der Waals surface area contributed by atoms with Crippen molar-refractivity contribution < 1.29 is 22.7 Å². The Labute approximate surface area is 198 Å². The highest BCUT2D eigenvalue weighted by Gasteiger charge is 2.34. The second-order valence-electron chi connectivity index (χ2n) is 8.60. The molecule has 1 aliphatic heterocycles. The van der Waals surface area contributed by atoms with Gasteiger partial charge in [-0.25, -0.2) is 14.8 Å². The number of anilines is 2. The lowest BCUT2D eigenvalue weighted by Gasteiger charge is -2.41. The highest BCUT2D eigenvalue weighted by Crippen LogP contribution is 2.31. The summed E-state index contributed by atoms with van der Waals surface area (Å²) in [6.07, 6.45) is 0.607. The van der Waals surface area contributed by atoms with Crippen LogP contribution in [0.1, 0.15) is 25.3 Å². The highest BCUT2D eigenvalue weighted by atomic mass is 19.4. The first-order chi connectivity index (χ1) is 16.5. The van der Waals surface area contributed by atoms with Crippen LogP contribution in [0.3, 0.4) is 0 Å². The number of aromatic amines is 1. The van der Waals surface area contributed by atoms with Gasteiger partial charge in [0.05, 0.1) is 18.9 Å². The molecule has 0 unspecified atom stereocenters. The van der Waals surface area contributed by atoms with Crippen molar-refractivity contribution in [1.29, 1.82) is 0 Å². The van der Waals surface area contributed by atoms with Gasteiger partial charge in [0.1, 0.15) is 11.5 Å². The molecule has 0 aromatic carbocycles. The average Bonchev–Trinajstić information content (AvgIpc) is 3.22. The third-order valence-corrected chi connectivity index (χ3v) is 6.32. The lowest BCUT2D eigenvalue weighted by molar-refractivity contribution is -0.138. The van der Waals surface area contributed by atoms with Gasteiger partial charge in [0.2, 0.25) is 0 Å². The summed E-state index contributed by atoms with van der Waals surface area (Å²) >= 11 is 0. The quantitative estimate of drug-likeness (QED) is 0.578. The molecule has 4 rings (SSSR count). The molecule has 2 atom stereocenters. The van der Waals surface area contributed by atoms with Crippen LogP contribution in [0.15, 0.2) is 29.5 Å². The van der Waals surface area contributed by atoms with Crippen LogP contribution in [0.5, 0.6) is 5.75 Å². The Bertz CT molecular complexity index is 1300. The molecule has 0 spiro atoms. The van der Waals surface area contributed by atoms with Crippen molar-refractivity contribution in [3.63, 3.8) is 0 Å². The van der Waals surface area contributed by atoms with Crippen molar-refractivity contribution in [3.8, 4) is 5.75 Å². The van der Waals surface area contributed by atoms with E-state index in [-0.39, 0.29) is 12.1 Å². The number of urea groups is 1. The van der Waals surface area contributed by atoms with Crippen molar-refractivity contribution >= 4 is 28.7 Å². The monoisotopic (exact) mass is 493 g/mol. The molecule has 1 aliphatic rings. The Kier molecular flexibility index (Phi) is 6.34. The van der Waals surface area contributed by atoms with E-state index in [0.717, 1.165) is 4.57 Å². The summed E-state index contributed by atoms with van der Waals surface area (Å²) in [6, 6.07) is -0.175. The van der Waals surface area contributed by atoms with Crippen LogP contribution in [0.4, 0.5) is 29.5 Å². The number of aryl methyl sites for hydroxylation is 1. The molecular weight excluding hydrogens is 467 g/mol. The van der Waals surface area contributed by atoms with Crippen LogP contribution in [0.2, 0.25) is 0 Å². The number of halogens is 3. The number of nitrogens with zero attached hydrogens (tertiary/aromatic N) is 5. The molecule has 13 heteroatoms. The van der Waals surface area contributed by atoms with Gasteiger partial charge in [0, 0.05) is 45.1 Å². The number of nitrogens with one attached hydrogen (secondary N) is 2. The first-order valence-electron chi connectivity index (χ1n) is 11.0. The van der Waals surface area contributed by atoms with E-state index in [0.29, 0.717) is 54.4 Å². The first kappa shape index (κ1) is 24.4. The van der Waals surface area contributed by atoms with Gasteiger partial charge in [-0.15, -0.1) is 0 Å². The summed E-state index contributed by atoms with van der Waals surface area (Å²) in [5.41, 5.74) is -0.925. The summed E-state index contributed by atoms with van der Waals surface area (Å²) in [4.78, 5) is 40.7. The molecule has 0 aliphatic carbocycles. The van der Waals surface area contributed by atoms with Crippen LogP contribution < -0.4 is 20.5 Å². The predicted octanol–water partition coefficient (Wildman–Crippen LogP) is 3.21. The minimum Gasteiger partial charge on any atom is -0.493 e. The zero-order chi connectivity index (χ0) is 25.5. The fourth-order valence-corrected chi connectivity index (χ4v) is 4.32. The zero-order valence-corrected chi connectivity index (χ0v) is 19.7. The van der Waals surface area contributed by atoms with E-state index < -0.39 is 29.0 Å². The molecule has 35 heavy (non-hydrogen) atoms. The molecule has 3 aromatic heterocycles. The number of H-pyrrole nitrogens is 1. The number of carbonyl (C=O) groups excluding carboxylic acids is 1. The fraction of sp³-hybridized carbons (Fsp3) is 0.455. The van der Waals surface area contributed by atoms with Crippen LogP contribution >= 0.6 is 0 Å². The van der Waals surface area contributed by atoms with E-state index in [2.05, 4.69) is 25.2 Å². The van der Waals surface area contributed by atoms with E-state index in [1.54, 1.807) is 26.6 Å². The van der Waals surface area contributed by atoms with E-state index in [4.69, 9.17) is 4.74 Å². The lowest BCUT2D eigenvalue weighted by atomic mass is 9.97. The topological polar surface area (TPSA) is 108 Å². The molecule has 3 aromatic rings. The number of aromatic nitrogens is 4. The second-order valence-corrected chi connectivity index (χ2v) is 8.60. The molecule has 1 fully saturated rings. The Morgan fingerprint density at radius 3 is 2.77 bits per heavy atom. The number of alkyl halides is 3. The molecule has 2 N–H and O–H groups in total. The van der Waals surface area contributed by atoms with Gasteiger partial charge in [0.15, 0.2) is 16.9 Å². The summed E-state index contributed by atoms with van der Waals surface area (Å²) in [5.74, 6) is 1.27. The molecule has 2 amide bonds. The Hall–Kier alpha value is -3.77. The van der Waals surface area contributed by atoms with Gasteiger partial charge in [-0.1, -0.05) is 0 Å². The van der Waals surface area contributed by atoms with E-state index >= 15 is 0 Å². The molecule has 0 saturated carbocycles. The molecular formula is C22H26F3N7O3. The van der Waals surface area contributed by atoms with Gasteiger partial charge in [-0.3, -0.25) is 4.79 Å². The maximum Gasteiger partial charge on any atom is 0.417 e. The number of pyridine rings is 1. The number of fused-ring (bicyclic) bond motifs is 1. The summed E-state index contributed by atoms with van der Waals surface area (Å²) in [5, 5.41) is 2.35. The fourth-order valence-electron chi connectivity index (χ4n) is 4.32. The minimum atomic E-state index is -4.64. The number of methoxy groups -OCH3 is 1. The number of carbonyl (C=O) groups is 1. The standard InChI is InChI=1S/C22H26F3N7O3/c1-12-7-14(5-6-32(12)17-10-27-19-18(29-17)16(35-4)9-26-19)31(3)21(34)28-15-8-13(22(23,24)25)11-30(2)20(15)33/h8-12,14H,5-7H2,1-4H3,(H,26,27)(H,28,34)/t12-,14-/m1/s1. The van der Waals surface area contributed by atoms with Crippen molar-refractivity contribution in [2.45, 2.75) is 38.0 Å². The van der Waals surface area contributed by atoms with Gasteiger partial charge < -0.3 is 29.4 Å². The van der Waals surface area contributed by atoms with Crippen molar-refractivity contribution in [2.24, 2.45) is 7.05 Å². The lowest BCUT2D eigenvalue weighted by Crippen LogP contribution is -2.51.